The van der Waals surface area contributed by atoms with Gasteiger partial charge in [-0.15, -0.1) is 0 Å². The number of hydrogen-bond donors (Lipinski definition) is 1. The molecule has 3 aromatic rings. The first kappa shape index (κ1) is 25.6. The number of carbonyl (C=O) groups excluding carboxylic acids is 2. The van der Waals surface area contributed by atoms with E-state index in [1.165, 1.54) is 12.1 Å². The van der Waals surface area contributed by atoms with E-state index in [2.05, 4.69) is 21.8 Å². The molecule has 194 valence electrons. The normalized spacial score (nSPS) is 16.7. The average molecular weight is 528 g/mol. The van der Waals surface area contributed by atoms with E-state index in [1.807, 2.05) is 42.2 Å². The molecule has 0 bridgehead atoms. The van der Waals surface area contributed by atoms with Gasteiger partial charge in [0.05, 0.1) is 4.90 Å². The summed E-state index contributed by atoms with van der Waals surface area (Å²) in [6.07, 6.45) is 4.18. The summed E-state index contributed by atoms with van der Waals surface area (Å²) in [5.74, 6) is -0.849. The van der Waals surface area contributed by atoms with Crippen LogP contribution in [0.4, 0.5) is 0 Å². The van der Waals surface area contributed by atoms with Gasteiger partial charge in [-0.1, -0.05) is 84.4 Å². The van der Waals surface area contributed by atoms with Crippen molar-refractivity contribution in [2.24, 2.45) is 0 Å². The molecule has 1 heterocycles. The maximum atomic E-state index is 13.6. The summed E-state index contributed by atoms with van der Waals surface area (Å²) in [6, 6.07) is 23.0. The molecule has 8 heteroatoms. The number of piperazine rings is 1. The van der Waals surface area contributed by atoms with Crippen LogP contribution in [0.5, 0.6) is 0 Å². The van der Waals surface area contributed by atoms with E-state index in [9.17, 15) is 18.0 Å². The minimum atomic E-state index is -4.08. The van der Waals surface area contributed by atoms with E-state index in [1.54, 1.807) is 36.4 Å². The molecule has 0 radical (unpaired) electrons. The summed E-state index contributed by atoms with van der Waals surface area (Å²) in [4.78, 5) is 31.3. The molecule has 0 aromatic heterocycles. The number of Topliss-reactive ketones (excluding diaryl/α,β-unsaturated/α-hetero) is 2. The topological polar surface area (TPSA) is 86.8 Å². The van der Waals surface area contributed by atoms with Gasteiger partial charge in [0, 0.05) is 43.9 Å². The van der Waals surface area contributed by atoms with Gasteiger partial charge >= 0.3 is 0 Å². The number of hydrogen-bond acceptors (Lipinski definition) is 6. The second-order valence-electron chi connectivity index (χ2n) is 9.45. The van der Waals surface area contributed by atoms with E-state index >= 15 is 0 Å². The highest BCUT2D eigenvalue weighted by Gasteiger charge is 2.38. The lowest BCUT2D eigenvalue weighted by Gasteiger charge is -2.38. The van der Waals surface area contributed by atoms with Crippen molar-refractivity contribution < 1.29 is 18.0 Å². The Morgan fingerprint density at radius 3 is 2.05 bits per heavy atom. The summed E-state index contributed by atoms with van der Waals surface area (Å²) in [7, 11) is -4.08. The van der Waals surface area contributed by atoms with Crippen molar-refractivity contribution in [3.8, 4) is 0 Å². The lowest BCUT2D eigenvalue weighted by molar-refractivity contribution is 0.0907. The molecule has 0 unspecified atom stereocenters. The molecule has 38 heavy (non-hydrogen) atoms. The predicted molar refractivity (Wildman–Crippen MR) is 147 cm³/mol. The minimum Gasteiger partial charge on any atom is -0.364 e. The van der Waals surface area contributed by atoms with Gasteiger partial charge < -0.3 is 4.90 Å². The molecule has 0 saturated carbocycles. The van der Waals surface area contributed by atoms with Crippen LogP contribution >= 0.6 is 0 Å². The third-order valence-electron chi connectivity index (χ3n) is 6.82. The van der Waals surface area contributed by atoms with Crippen molar-refractivity contribution in [1.82, 2.24) is 14.5 Å². The highest BCUT2D eigenvalue weighted by atomic mass is 32.2. The van der Waals surface area contributed by atoms with Gasteiger partial charge in [-0.2, -0.15) is 0 Å². The van der Waals surface area contributed by atoms with Crippen LogP contribution in [0.3, 0.4) is 0 Å². The van der Waals surface area contributed by atoms with Crippen LogP contribution < -0.4 is 4.72 Å². The Kier molecular flexibility index (Phi) is 7.26. The molecular formula is C30H29N3O4S. The van der Waals surface area contributed by atoms with Crippen LogP contribution in [0.15, 0.2) is 101 Å². The fraction of sp³-hybridized carbons (Fsp3) is 0.200. The second-order valence-corrected chi connectivity index (χ2v) is 11.1. The van der Waals surface area contributed by atoms with Gasteiger partial charge in [-0.3, -0.25) is 19.2 Å². The van der Waals surface area contributed by atoms with E-state index in [0.29, 0.717) is 31.7 Å². The zero-order valence-corrected chi connectivity index (χ0v) is 21.9. The zero-order valence-electron chi connectivity index (χ0n) is 21.1. The highest BCUT2D eigenvalue weighted by Crippen LogP contribution is 2.29. The van der Waals surface area contributed by atoms with Crippen LogP contribution in [0, 0.1) is 6.92 Å². The standard InChI is InChI=1S/C30H29N3O4S/c1-22-13-15-24(16-14-22)38(36,37)31-27-28(30(35)26-12-6-5-11-25(26)29(27)34)33-20-18-32(19-21-33)17-7-10-23-8-3-2-4-9-23/h2-16,31H,17-21H2,1H3/b10-7+. The Hall–Kier alpha value is -4.01. The molecule has 0 spiro atoms. The number of nitrogens with one attached hydrogen (secondary N) is 1. The smallest absolute Gasteiger partial charge is 0.262 e. The average Bonchev–Trinajstić information content (AvgIpc) is 2.93. The zero-order chi connectivity index (χ0) is 26.7. The quantitative estimate of drug-likeness (QED) is 0.502. The van der Waals surface area contributed by atoms with Gasteiger partial charge in [0.2, 0.25) is 11.6 Å². The first-order chi connectivity index (χ1) is 18.3. The van der Waals surface area contributed by atoms with Crippen molar-refractivity contribution in [2.75, 3.05) is 32.7 Å². The number of sulfonamides is 1. The van der Waals surface area contributed by atoms with Gasteiger partial charge in [-0.05, 0) is 24.6 Å². The van der Waals surface area contributed by atoms with Crippen LogP contribution in [-0.4, -0.2) is 62.5 Å². The highest BCUT2D eigenvalue weighted by molar-refractivity contribution is 7.89. The fourth-order valence-electron chi connectivity index (χ4n) is 4.73. The van der Waals surface area contributed by atoms with Gasteiger partial charge in [0.15, 0.2) is 0 Å². The van der Waals surface area contributed by atoms with Crippen molar-refractivity contribution in [3.05, 3.63) is 119 Å². The van der Waals surface area contributed by atoms with Crippen LogP contribution in [0.1, 0.15) is 31.8 Å². The number of ketones is 2. The van der Waals surface area contributed by atoms with Crippen molar-refractivity contribution in [3.63, 3.8) is 0 Å². The van der Waals surface area contributed by atoms with E-state index in [-0.39, 0.29) is 27.6 Å². The van der Waals surface area contributed by atoms with Crippen molar-refractivity contribution in [1.29, 1.82) is 0 Å². The maximum Gasteiger partial charge on any atom is 0.262 e. The Balaban J connectivity index is 1.40. The molecule has 5 rings (SSSR count). The summed E-state index contributed by atoms with van der Waals surface area (Å²) in [6.45, 7) is 4.94. The largest absolute Gasteiger partial charge is 0.364 e. The predicted octanol–water partition coefficient (Wildman–Crippen LogP) is 3.90. The number of benzene rings is 3. The van der Waals surface area contributed by atoms with Gasteiger partial charge in [-0.25, -0.2) is 8.42 Å². The molecule has 2 aliphatic rings. The second kappa shape index (κ2) is 10.8. The fourth-order valence-corrected chi connectivity index (χ4v) is 5.80. The molecule has 1 aliphatic carbocycles. The Labute approximate surface area is 223 Å². The third-order valence-corrected chi connectivity index (χ3v) is 8.19. The number of fused-ring (bicyclic) bond motifs is 1. The summed E-state index contributed by atoms with van der Waals surface area (Å²) in [5, 5.41) is 0. The molecule has 1 aliphatic heterocycles. The minimum absolute atomic E-state index is 0.0316. The number of allylic oxidation sites excluding steroid dienone is 2. The summed E-state index contributed by atoms with van der Waals surface area (Å²) in [5.41, 5.74) is 2.46. The molecule has 7 nitrogen and oxygen atoms in total. The number of rotatable bonds is 7. The number of nitrogens with zero attached hydrogens (tertiary/aromatic N) is 2. The lowest BCUT2D eigenvalue weighted by Crippen LogP contribution is -2.49. The Morgan fingerprint density at radius 1 is 0.789 bits per heavy atom. The lowest BCUT2D eigenvalue weighted by atomic mass is 9.90. The van der Waals surface area contributed by atoms with Gasteiger partial charge in [0.1, 0.15) is 11.4 Å². The van der Waals surface area contributed by atoms with Crippen LogP contribution in [-0.2, 0) is 10.0 Å². The van der Waals surface area contributed by atoms with E-state index < -0.39 is 15.8 Å². The van der Waals surface area contributed by atoms with Crippen LogP contribution in [0.2, 0.25) is 0 Å². The monoisotopic (exact) mass is 527 g/mol. The van der Waals surface area contributed by atoms with E-state index in [4.69, 9.17) is 0 Å². The number of carbonyl (C=O) groups is 2. The number of aryl methyl sites for hydroxylation is 1. The first-order valence-corrected chi connectivity index (χ1v) is 14.0. The molecular weight excluding hydrogens is 498 g/mol. The molecule has 1 N–H and O–H groups in total. The molecule has 3 aromatic carbocycles. The Bertz CT molecular complexity index is 1520. The van der Waals surface area contributed by atoms with Crippen LogP contribution in [0.25, 0.3) is 6.08 Å². The Morgan fingerprint density at radius 2 is 1.39 bits per heavy atom. The summed E-state index contributed by atoms with van der Waals surface area (Å²) < 4.78 is 29.0. The third kappa shape index (κ3) is 5.32. The molecule has 0 amide bonds. The molecule has 1 fully saturated rings. The molecule has 1 saturated heterocycles. The summed E-state index contributed by atoms with van der Waals surface area (Å²) >= 11 is 0. The molecule has 0 atom stereocenters. The van der Waals surface area contributed by atoms with Gasteiger partial charge in [0.25, 0.3) is 10.0 Å². The first-order valence-electron chi connectivity index (χ1n) is 12.5. The van der Waals surface area contributed by atoms with Crippen molar-refractivity contribution in [2.45, 2.75) is 11.8 Å². The maximum absolute atomic E-state index is 13.6. The van der Waals surface area contributed by atoms with Crippen molar-refractivity contribution >= 4 is 27.7 Å². The van der Waals surface area contributed by atoms with E-state index in [0.717, 1.165) is 17.7 Å². The SMILES string of the molecule is Cc1ccc(S(=O)(=O)NC2=C(N3CCN(C/C=C/c4ccccc4)CC3)C(=O)c3ccccc3C2=O)cc1.